The largest absolute Gasteiger partial charge is 0.467 e. The fourth-order valence-corrected chi connectivity index (χ4v) is 1.88. The first kappa shape index (κ1) is 11.7. The van der Waals surface area contributed by atoms with E-state index >= 15 is 0 Å². The number of nitrogen functional groups attached to an aromatic ring is 1. The van der Waals surface area contributed by atoms with Crippen molar-refractivity contribution in [2.24, 2.45) is 0 Å². The molecular weight excluding hydrogens is 222 g/mol. The minimum Gasteiger partial charge on any atom is -0.467 e. The van der Waals surface area contributed by atoms with Gasteiger partial charge in [-0.1, -0.05) is 0 Å². The number of carbonyl (C=O) groups excluding carboxylic acids is 1. The number of esters is 1. The summed E-state index contributed by atoms with van der Waals surface area (Å²) in [6.45, 7) is 1.48. The number of ether oxygens (including phenoxy) is 2. The lowest BCUT2D eigenvalue weighted by Gasteiger charge is -2.35. The molecule has 0 aliphatic carbocycles. The first-order valence-corrected chi connectivity index (χ1v) is 5.35. The number of hydrogen-bond donors (Lipinski definition) is 1. The molecule has 6 heteroatoms. The van der Waals surface area contributed by atoms with E-state index in [9.17, 15) is 4.79 Å². The molecule has 1 saturated heterocycles. The van der Waals surface area contributed by atoms with E-state index in [1.807, 2.05) is 4.90 Å². The Hall–Kier alpha value is -1.82. The second kappa shape index (κ2) is 5.01. The highest BCUT2D eigenvalue weighted by Crippen LogP contribution is 2.25. The van der Waals surface area contributed by atoms with Crippen LogP contribution >= 0.6 is 0 Å². The van der Waals surface area contributed by atoms with Crippen LogP contribution in [0.5, 0.6) is 0 Å². The molecule has 2 heterocycles. The van der Waals surface area contributed by atoms with Gasteiger partial charge in [-0.2, -0.15) is 0 Å². The van der Waals surface area contributed by atoms with Crippen LogP contribution in [0.1, 0.15) is 0 Å². The number of nitrogens with zero attached hydrogens (tertiary/aromatic N) is 2. The second-order valence-corrected chi connectivity index (χ2v) is 3.74. The van der Waals surface area contributed by atoms with E-state index in [2.05, 4.69) is 4.98 Å². The lowest BCUT2D eigenvalue weighted by Crippen LogP contribution is -2.50. The van der Waals surface area contributed by atoms with E-state index < -0.39 is 6.04 Å². The molecule has 1 unspecified atom stereocenters. The average molecular weight is 237 g/mol. The third-order valence-electron chi connectivity index (χ3n) is 2.74. The monoisotopic (exact) mass is 237 g/mol. The Morgan fingerprint density at radius 2 is 2.53 bits per heavy atom. The first-order valence-electron chi connectivity index (χ1n) is 5.35. The Bertz CT molecular complexity index is 411. The van der Waals surface area contributed by atoms with Crippen LogP contribution in [-0.4, -0.2) is 43.9 Å². The van der Waals surface area contributed by atoms with Crippen molar-refractivity contribution in [2.45, 2.75) is 6.04 Å². The van der Waals surface area contributed by atoms with Crippen molar-refractivity contribution in [1.29, 1.82) is 0 Å². The van der Waals surface area contributed by atoms with E-state index in [1.54, 1.807) is 18.5 Å². The fraction of sp³-hybridized carbons (Fsp3) is 0.455. The third kappa shape index (κ3) is 2.31. The summed E-state index contributed by atoms with van der Waals surface area (Å²) in [6, 6.07) is 1.34. The summed E-state index contributed by atoms with van der Waals surface area (Å²) in [7, 11) is 1.37. The summed E-state index contributed by atoms with van der Waals surface area (Å²) >= 11 is 0. The molecule has 2 rings (SSSR count). The van der Waals surface area contributed by atoms with Crippen molar-refractivity contribution in [3.63, 3.8) is 0 Å². The van der Waals surface area contributed by atoms with Crippen LogP contribution in [0.15, 0.2) is 18.5 Å². The summed E-state index contributed by atoms with van der Waals surface area (Å²) in [5.74, 6) is -0.319. The van der Waals surface area contributed by atoms with Crippen molar-refractivity contribution in [3.05, 3.63) is 18.5 Å². The van der Waals surface area contributed by atoms with Gasteiger partial charge < -0.3 is 20.1 Å². The predicted molar refractivity (Wildman–Crippen MR) is 62.6 cm³/mol. The Balaban J connectivity index is 2.28. The normalized spacial score (nSPS) is 20.1. The number of hydrogen-bond acceptors (Lipinski definition) is 6. The standard InChI is InChI=1S/C11H15N3O3/c1-16-11(15)10-7-17-5-4-14(10)9-2-3-13-6-8(9)12/h2-3,6,10H,4-5,7,12H2,1H3. The van der Waals surface area contributed by atoms with E-state index in [4.69, 9.17) is 15.2 Å². The van der Waals surface area contributed by atoms with E-state index in [0.717, 1.165) is 5.69 Å². The van der Waals surface area contributed by atoms with Gasteiger partial charge in [-0.25, -0.2) is 4.79 Å². The number of morpholine rings is 1. The number of rotatable bonds is 2. The predicted octanol–water partition coefficient (Wildman–Crippen LogP) is 0.0420. The maximum atomic E-state index is 11.7. The number of methoxy groups -OCH3 is 1. The number of nitrogens with two attached hydrogens (primary N) is 1. The zero-order valence-corrected chi connectivity index (χ0v) is 9.63. The van der Waals surface area contributed by atoms with E-state index in [-0.39, 0.29) is 5.97 Å². The van der Waals surface area contributed by atoms with E-state index in [1.165, 1.54) is 7.11 Å². The lowest BCUT2D eigenvalue weighted by atomic mass is 10.2. The van der Waals surface area contributed by atoms with Gasteiger partial charge in [0.25, 0.3) is 0 Å². The number of anilines is 2. The van der Waals surface area contributed by atoms with Gasteiger partial charge in [-0.15, -0.1) is 0 Å². The maximum absolute atomic E-state index is 11.7. The molecule has 2 N–H and O–H groups in total. The summed E-state index contributed by atoms with van der Waals surface area (Å²) < 4.78 is 10.1. The Kier molecular flexibility index (Phi) is 3.43. The van der Waals surface area contributed by atoms with Crippen molar-refractivity contribution in [3.8, 4) is 0 Å². The summed E-state index contributed by atoms with van der Waals surface area (Å²) in [5, 5.41) is 0. The zero-order valence-electron chi connectivity index (χ0n) is 9.63. The van der Waals surface area contributed by atoms with Gasteiger partial charge in [-0.3, -0.25) is 4.98 Å². The molecule has 0 bridgehead atoms. The summed E-state index contributed by atoms with van der Waals surface area (Å²) in [5.41, 5.74) is 7.19. The molecule has 17 heavy (non-hydrogen) atoms. The van der Waals surface area contributed by atoms with Gasteiger partial charge in [0.1, 0.15) is 0 Å². The molecule has 1 fully saturated rings. The smallest absolute Gasteiger partial charge is 0.330 e. The topological polar surface area (TPSA) is 77.7 Å². The van der Waals surface area contributed by atoms with Crippen molar-refractivity contribution in [2.75, 3.05) is 37.5 Å². The van der Waals surface area contributed by atoms with Crippen LogP contribution < -0.4 is 10.6 Å². The molecule has 0 amide bonds. The van der Waals surface area contributed by atoms with Crippen LogP contribution in [0, 0.1) is 0 Å². The average Bonchev–Trinajstić information content (AvgIpc) is 2.38. The number of carbonyl (C=O) groups is 1. The second-order valence-electron chi connectivity index (χ2n) is 3.74. The van der Waals surface area contributed by atoms with Gasteiger partial charge in [0.15, 0.2) is 6.04 Å². The molecule has 0 radical (unpaired) electrons. The summed E-state index contributed by atoms with van der Waals surface area (Å²) in [4.78, 5) is 17.5. The molecule has 1 aromatic rings. The van der Waals surface area contributed by atoms with Gasteiger partial charge in [0.2, 0.25) is 0 Å². The molecule has 1 atom stereocenters. The van der Waals surface area contributed by atoms with Crippen LogP contribution in [0.4, 0.5) is 11.4 Å². The van der Waals surface area contributed by atoms with Gasteiger partial charge in [0.05, 0.1) is 37.9 Å². The van der Waals surface area contributed by atoms with Crippen LogP contribution in [-0.2, 0) is 14.3 Å². The molecule has 0 aromatic carbocycles. The summed E-state index contributed by atoms with van der Waals surface area (Å²) in [6.07, 6.45) is 3.22. The van der Waals surface area contributed by atoms with E-state index in [0.29, 0.717) is 25.4 Å². The van der Waals surface area contributed by atoms with Gasteiger partial charge in [0, 0.05) is 12.7 Å². The maximum Gasteiger partial charge on any atom is 0.330 e. The van der Waals surface area contributed by atoms with Crippen molar-refractivity contribution >= 4 is 17.3 Å². The third-order valence-corrected chi connectivity index (χ3v) is 2.74. The highest BCUT2D eigenvalue weighted by molar-refractivity contribution is 5.82. The zero-order chi connectivity index (χ0) is 12.3. The van der Waals surface area contributed by atoms with Gasteiger partial charge >= 0.3 is 5.97 Å². The molecule has 1 aliphatic rings. The molecular formula is C11H15N3O3. The fourth-order valence-electron chi connectivity index (χ4n) is 1.88. The van der Waals surface area contributed by atoms with Crippen molar-refractivity contribution in [1.82, 2.24) is 4.98 Å². The quantitative estimate of drug-likeness (QED) is 0.732. The molecule has 1 aromatic heterocycles. The SMILES string of the molecule is COC(=O)C1COCCN1c1ccncc1N. The highest BCUT2D eigenvalue weighted by Gasteiger charge is 2.31. The lowest BCUT2D eigenvalue weighted by molar-refractivity contribution is -0.144. The molecule has 1 aliphatic heterocycles. The Labute approximate surface area is 99.3 Å². The van der Waals surface area contributed by atoms with Gasteiger partial charge in [-0.05, 0) is 6.07 Å². The Morgan fingerprint density at radius 3 is 3.24 bits per heavy atom. The van der Waals surface area contributed by atoms with Crippen LogP contribution in [0.25, 0.3) is 0 Å². The van der Waals surface area contributed by atoms with Crippen LogP contribution in [0.2, 0.25) is 0 Å². The molecule has 0 saturated carbocycles. The minimum atomic E-state index is -0.446. The highest BCUT2D eigenvalue weighted by atomic mass is 16.5. The number of aromatic nitrogens is 1. The number of pyridine rings is 1. The van der Waals surface area contributed by atoms with Crippen LogP contribution in [0.3, 0.4) is 0 Å². The molecule has 0 spiro atoms. The minimum absolute atomic E-state index is 0.314. The van der Waals surface area contributed by atoms with Crippen molar-refractivity contribution < 1.29 is 14.3 Å². The molecule has 92 valence electrons. The Morgan fingerprint density at radius 1 is 1.71 bits per heavy atom. The molecule has 6 nitrogen and oxygen atoms in total. The first-order chi connectivity index (χ1) is 8.24.